The number of aliphatic carboxylic acids is 1. The van der Waals surface area contributed by atoms with Gasteiger partial charge < -0.3 is 10.4 Å². The molecule has 0 atom stereocenters. The molecule has 1 aliphatic carbocycles. The Morgan fingerprint density at radius 1 is 1.32 bits per heavy atom. The molecule has 0 spiro atoms. The van der Waals surface area contributed by atoms with E-state index in [1.807, 2.05) is 4.40 Å². The summed E-state index contributed by atoms with van der Waals surface area (Å²) < 4.78 is 1.84. The number of aromatic nitrogens is 4. The van der Waals surface area contributed by atoms with Crippen LogP contribution in [-0.4, -0.2) is 36.7 Å². The van der Waals surface area contributed by atoms with Crippen molar-refractivity contribution in [1.29, 1.82) is 0 Å². The van der Waals surface area contributed by atoms with Crippen LogP contribution in [0.25, 0.3) is 5.65 Å². The fourth-order valence-electron chi connectivity index (χ4n) is 2.55. The molecule has 0 amide bonds. The highest BCUT2D eigenvalue weighted by Crippen LogP contribution is 2.26. The SMILES string of the molecule is O=C(O)C1CCC(Nc2cncc3nncn23)CC1. The Hall–Kier alpha value is -2.18. The van der Waals surface area contributed by atoms with E-state index in [1.54, 1.807) is 18.7 Å². The van der Waals surface area contributed by atoms with Gasteiger partial charge in [0.15, 0.2) is 5.65 Å². The summed E-state index contributed by atoms with van der Waals surface area (Å²) in [4.78, 5) is 15.0. The molecule has 7 nitrogen and oxygen atoms in total. The quantitative estimate of drug-likeness (QED) is 0.861. The molecule has 2 aromatic heterocycles. The lowest BCUT2D eigenvalue weighted by Crippen LogP contribution is -2.29. The van der Waals surface area contributed by atoms with Gasteiger partial charge in [0, 0.05) is 6.04 Å². The molecule has 1 aliphatic rings. The van der Waals surface area contributed by atoms with Crippen molar-refractivity contribution in [3.05, 3.63) is 18.7 Å². The first-order valence-electron chi connectivity index (χ1n) is 6.37. The van der Waals surface area contributed by atoms with Crippen LogP contribution in [0, 0.1) is 5.92 Å². The maximum atomic E-state index is 10.9. The van der Waals surface area contributed by atoms with Gasteiger partial charge in [-0.2, -0.15) is 0 Å². The second-order valence-corrected chi connectivity index (χ2v) is 4.88. The van der Waals surface area contributed by atoms with Gasteiger partial charge in [-0.05, 0) is 25.7 Å². The standard InChI is InChI=1S/C12H15N5O2/c18-12(19)8-1-3-9(4-2-8)15-10-5-13-6-11-16-14-7-17(10)11/h5-9,15H,1-4H2,(H,18,19). The third-order valence-electron chi connectivity index (χ3n) is 3.65. The summed E-state index contributed by atoms with van der Waals surface area (Å²) in [5.74, 6) is -0.0239. The summed E-state index contributed by atoms with van der Waals surface area (Å²) >= 11 is 0. The summed E-state index contributed by atoms with van der Waals surface area (Å²) in [6.07, 6.45) is 8.18. The number of carboxylic acids is 1. The summed E-state index contributed by atoms with van der Waals surface area (Å²) in [5.41, 5.74) is 0.698. The molecule has 1 saturated carbocycles. The zero-order chi connectivity index (χ0) is 13.2. The Morgan fingerprint density at radius 3 is 2.84 bits per heavy atom. The summed E-state index contributed by atoms with van der Waals surface area (Å²) in [6, 6.07) is 0.283. The zero-order valence-corrected chi connectivity index (χ0v) is 10.4. The molecular formula is C12H15N5O2. The molecule has 19 heavy (non-hydrogen) atoms. The number of hydrogen-bond donors (Lipinski definition) is 2. The third-order valence-corrected chi connectivity index (χ3v) is 3.65. The fraction of sp³-hybridized carbons (Fsp3) is 0.500. The van der Waals surface area contributed by atoms with Crippen LogP contribution < -0.4 is 5.32 Å². The first-order valence-corrected chi connectivity index (χ1v) is 6.37. The Morgan fingerprint density at radius 2 is 2.11 bits per heavy atom. The Balaban J connectivity index is 1.69. The van der Waals surface area contributed by atoms with Crippen molar-refractivity contribution in [1.82, 2.24) is 19.6 Å². The first kappa shape index (κ1) is 11.9. The van der Waals surface area contributed by atoms with Gasteiger partial charge in [0.1, 0.15) is 12.1 Å². The van der Waals surface area contributed by atoms with Crippen molar-refractivity contribution in [3.8, 4) is 0 Å². The van der Waals surface area contributed by atoms with Crippen LogP contribution in [0.1, 0.15) is 25.7 Å². The van der Waals surface area contributed by atoms with Gasteiger partial charge in [-0.3, -0.25) is 14.2 Å². The molecule has 0 radical (unpaired) electrons. The fourth-order valence-corrected chi connectivity index (χ4v) is 2.55. The van der Waals surface area contributed by atoms with E-state index in [0.717, 1.165) is 31.5 Å². The molecule has 0 bridgehead atoms. The van der Waals surface area contributed by atoms with Crippen LogP contribution in [-0.2, 0) is 4.79 Å². The van der Waals surface area contributed by atoms with Gasteiger partial charge in [-0.15, -0.1) is 10.2 Å². The number of rotatable bonds is 3. The second kappa shape index (κ2) is 4.83. The predicted octanol–water partition coefficient (Wildman–Crippen LogP) is 1.18. The molecule has 1 fully saturated rings. The van der Waals surface area contributed by atoms with Crippen LogP contribution in [0.15, 0.2) is 18.7 Å². The van der Waals surface area contributed by atoms with Crippen LogP contribution in [0.2, 0.25) is 0 Å². The van der Waals surface area contributed by atoms with Crippen LogP contribution in [0.4, 0.5) is 5.82 Å². The topological polar surface area (TPSA) is 92.4 Å². The Labute approximate surface area is 109 Å². The van der Waals surface area contributed by atoms with E-state index < -0.39 is 5.97 Å². The first-order chi connectivity index (χ1) is 9.24. The molecule has 0 saturated heterocycles. The van der Waals surface area contributed by atoms with E-state index in [9.17, 15) is 4.79 Å². The lowest BCUT2D eigenvalue weighted by molar-refractivity contribution is -0.142. The zero-order valence-electron chi connectivity index (χ0n) is 10.4. The highest BCUT2D eigenvalue weighted by Gasteiger charge is 2.26. The molecule has 100 valence electrons. The molecule has 0 aliphatic heterocycles. The molecule has 2 heterocycles. The molecule has 0 unspecified atom stereocenters. The number of hydrogen-bond acceptors (Lipinski definition) is 5. The van der Waals surface area contributed by atoms with E-state index in [0.29, 0.717) is 5.65 Å². The molecule has 2 aromatic rings. The molecular weight excluding hydrogens is 246 g/mol. The molecule has 0 aromatic carbocycles. The summed E-state index contributed by atoms with van der Waals surface area (Å²) in [7, 11) is 0. The van der Waals surface area contributed by atoms with E-state index in [2.05, 4.69) is 20.5 Å². The van der Waals surface area contributed by atoms with E-state index >= 15 is 0 Å². The highest BCUT2D eigenvalue weighted by atomic mass is 16.4. The second-order valence-electron chi connectivity index (χ2n) is 4.88. The monoisotopic (exact) mass is 261 g/mol. The van der Waals surface area contributed by atoms with Crippen molar-refractivity contribution < 1.29 is 9.90 Å². The number of anilines is 1. The maximum Gasteiger partial charge on any atom is 0.306 e. The molecule has 2 N–H and O–H groups in total. The molecule has 7 heteroatoms. The van der Waals surface area contributed by atoms with E-state index in [4.69, 9.17) is 5.11 Å². The Bertz CT molecular complexity index is 589. The van der Waals surface area contributed by atoms with Gasteiger partial charge in [-0.25, -0.2) is 0 Å². The number of nitrogens with zero attached hydrogens (tertiary/aromatic N) is 4. The summed E-state index contributed by atoms with van der Waals surface area (Å²) in [6.45, 7) is 0. The highest BCUT2D eigenvalue weighted by molar-refractivity contribution is 5.70. The normalized spacial score (nSPS) is 23.4. The van der Waals surface area contributed by atoms with Crippen molar-refractivity contribution >= 4 is 17.4 Å². The number of nitrogens with one attached hydrogen (secondary N) is 1. The van der Waals surface area contributed by atoms with Gasteiger partial charge in [0.2, 0.25) is 0 Å². The van der Waals surface area contributed by atoms with Crippen molar-refractivity contribution in [3.63, 3.8) is 0 Å². The van der Waals surface area contributed by atoms with Gasteiger partial charge >= 0.3 is 5.97 Å². The van der Waals surface area contributed by atoms with Gasteiger partial charge in [0.05, 0.1) is 18.3 Å². The number of carboxylic acid groups (broad SMARTS) is 1. The lowest BCUT2D eigenvalue weighted by Gasteiger charge is -2.27. The number of fused-ring (bicyclic) bond motifs is 1. The van der Waals surface area contributed by atoms with Crippen molar-refractivity contribution in [2.24, 2.45) is 5.92 Å². The minimum Gasteiger partial charge on any atom is -0.481 e. The van der Waals surface area contributed by atoms with Crippen molar-refractivity contribution in [2.75, 3.05) is 5.32 Å². The average Bonchev–Trinajstić information content (AvgIpc) is 2.89. The lowest BCUT2D eigenvalue weighted by atomic mass is 9.86. The minimum absolute atomic E-state index is 0.193. The van der Waals surface area contributed by atoms with Crippen molar-refractivity contribution in [2.45, 2.75) is 31.7 Å². The smallest absolute Gasteiger partial charge is 0.306 e. The van der Waals surface area contributed by atoms with E-state index in [1.165, 1.54) is 0 Å². The Kier molecular flexibility index (Phi) is 3.02. The van der Waals surface area contributed by atoms with Crippen LogP contribution in [0.5, 0.6) is 0 Å². The summed E-state index contributed by atoms with van der Waals surface area (Å²) in [5, 5.41) is 20.2. The van der Waals surface area contributed by atoms with E-state index in [-0.39, 0.29) is 12.0 Å². The predicted molar refractivity (Wildman–Crippen MR) is 67.8 cm³/mol. The van der Waals surface area contributed by atoms with Crippen LogP contribution >= 0.6 is 0 Å². The van der Waals surface area contributed by atoms with Gasteiger partial charge in [-0.1, -0.05) is 0 Å². The average molecular weight is 261 g/mol. The molecule has 3 rings (SSSR count). The number of carbonyl (C=O) groups is 1. The minimum atomic E-state index is -0.680. The maximum absolute atomic E-state index is 10.9. The largest absolute Gasteiger partial charge is 0.481 e. The van der Waals surface area contributed by atoms with Crippen LogP contribution in [0.3, 0.4) is 0 Å². The third kappa shape index (κ3) is 2.35. The van der Waals surface area contributed by atoms with Gasteiger partial charge in [0.25, 0.3) is 0 Å².